The normalized spacial score (nSPS) is 11.0. The van der Waals surface area contributed by atoms with Crippen molar-refractivity contribution < 1.29 is 9.53 Å². The molecule has 32 heavy (non-hydrogen) atoms. The molecule has 2 N–H and O–H groups in total. The summed E-state index contributed by atoms with van der Waals surface area (Å²) < 4.78 is 5.19. The van der Waals surface area contributed by atoms with Crippen LogP contribution in [0, 0.1) is 6.92 Å². The van der Waals surface area contributed by atoms with Crippen LogP contribution >= 0.6 is 22.9 Å². The first-order chi connectivity index (χ1) is 15.5. The van der Waals surface area contributed by atoms with Gasteiger partial charge in [-0.15, -0.1) is 4.80 Å². The number of halogens is 1. The lowest BCUT2D eigenvalue weighted by Crippen LogP contribution is -2.26. The van der Waals surface area contributed by atoms with Gasteiger partial charge in [0.15, 0.2) is 5.82 Å². The molecule has 13 heteroatoms. The number of pyridine rings is 2. The summed E-state index contributed by atoms with van der Waals surface area (Å²) in [7, 11) is 3.56. The number of fused-ring (bicyclic) bond motifs is 1. The maximum absolute atomic E-state index is 12.7. The molecule has 0 unspecified atom stereocenters. The summed E-state index contributed by atoms with van der Waals surface area (Å²) in [6.07, 6.45) is 6.14. The highest BCUT2D eigenvalue weighted by molar-refractivity contribution is 7.18. The molecule has 0 aliphatic carbocycles. The number of carbonyl (C=O) groups is 1. The zero-order valence-corrected chi connectivity index (χ0v) is 19.1. The van der Waals surface area contributed by atoms with E-state index in [1.165, 1.54) is 34.7 Å². The molecular weight excluding hydrogens is 454 g/mol. The minimum absolute atomic E-state index is 0.292. The van der Waals surface area contributed by atoms with E-state index in [0.717, 1.165) is 21.0 Å². The molecule has 4 aromatic heterocycles. The van der Waals surface area contributed by atoms with Gasteiger partial charge in [0.1, 0.15) is 10.3 Å². The number of nitrogens with one attached hydrogen (secondary N) is 2. The third kappa shape index (κ3) is 4.61. The zero-order valence-electron chi connectivity index (χ0n) is 17.5. The third-order valence-electron chi connectivity index (χ3n) is 4.46. The Labute approximate surface area is 192 Å². The van der Waals surface area contributed by atoms with E-state index in [1.807, 2.05) is 18.9 Å². The van der Waals surface area contributed by atoms with Gasteiger partial charge in [0.2, 0.25) is 0 Å². The van der Waals surface area contributed by atoms with E-state index >= 15 is 0 Å². The van der Waals surface area contributed by atoms with Crippen molar-refractivity contribution >= 4 is 56.4 Å². The molecule has 0 aliphatic rings. The Kier molecular flexibility index (Phi) is 6.44. The molecule has 0 spiro atoms. The summed E-state index contributed by atoms with van der Waals surface area (Å²) in [5, 5.41) is 14.8. The van der Waals surface area contributed by atoms with Crippen LogP contribution in [0.3, 0.4) is 0 Å². The summed E-state index contributed by atoms with van der Waals surface area (Å²) >= 11 is 7.77. The Hall–Kier alpha value is -3.35. The van der Waals surface area contributed by atoms with Crippen LogP contribution in [0.15, 0.2) is 30.9 Å². The van der Waals surface area contributed by atoms with E-state index in [9.17, 15) is 4.79 Å². The van der Waals surface area contributed by atoms with Crippen molar-refractivity contribution in [3.05, 3.63) is 40.9 Å². The van der Waals surface area contributed by atoms with Crippen molar-refractivity contribution in [3.8, 4) is 5.82 Å². The Morgan fingerprint density at radius 2 is 2.03 bits per heavy atom. The van der Waals surface area contributed by atoms with E-state index in [1.54, 1.807) is 19.4 Å². The summed E-state index contributed by atoms with van der Waals surface area (Å²) in [6.45, 7) is 3.06. The van der Waals surface area contributed by atoms with Crippen molar-refractivity contribution in [3.63, 3.8) is 0 Å². The van der Waals surface area contributed by atoms with Crippen LogP contribution in [0.4, 0.5) is 21.9 Å². The van der Waals surface area contributed by atoms with Crippen molar-refractivity contribution in [1.82, 2.24) is 29.9 Å². The minimum atomic E-state index is -0.470. The molecule has 4 rings (SSSR count). The van der Waals surface area contributed by atoms with Gasteiger partial charge in [-0.2, -0.15) is 10.2 Å². The van der Waals surface area contributed by atoms with Gasteiger partial charge in [0.05, 0.1) is 58.5 Å². The highest BCUT2D eigenvalue weighted by Gasteiger charge is 2.18. The fraction of sp³-hybridized carbons (Fsp3) is 0.263. The first kappa shape index (κ1) is 21.9. The number of aryl methyl sites for hydroxylation is 1. The largest absolute Gasteiger partial charge is 0.383 e. The number of ether oxygens (including phenoxy) is 1. The molecule has 2 amide bonds. The molecule has 0 saturated carbocycles. The molecule has 0 bridgehead atoms. The predicted molar refractivity (Wildman–Crippen MR) is 124 cm³/mol. The average molecular weight is 474 g/mol. The number of methoxy groups -OCH3 is 1. The molecule has 0 saturated heterocycles. The molecule has 0 radical (unpaired) electrons. The Morgan fingerprint density at radius 1 is 1.25 bits per heavy atom. The van der Waals surface area contributed by atoms with Gasteiger partial charge in [-0.1, -0.05) is 22.9 Å². The molecular formula is C19H20ClN9O2S. The fourth-order valence-electron chi connectivity index (χ4n) is 3.04. The van der Waals surface area contributed by atoms with Crippen molar-refractivity contribution in [2.24, 2.45) is 0 Å². The molecule has 11 nitrogen and oxygen atoms in total. The number of likely N-dealkylation sites (N-methyl/N-ethyl adjacent to an activating group) is 1. The number of rotatable bonds is 7. The SMILES string of the molecule is COCCN(C)c1c(NC(=O)Nc2cnc(-n3nccn3)c(Cl)c2)cnc2sc(C)nc12. The van der Waals surface area contributed by atoms with Gasteiger partial charge in [0.25, 0.3) is 0 Å². The lowest BCUT2D eigenvalue weighted by atomic mass is 10.3. The van der Waals surface area contributed by atoms with Gasteiger partial charge >= 0.3 is 6.03 Å². The number of hydrogen-bond acceptors (Lipinski definition) is 9. The van der Waals surface area contributed by atoms with E-state index < -0.39 is 6.03 Å². The summed E-state index contributed by atoms with van der Waals surface area (Å²) in [4.78, 5) is 30.1. The highest BCUT2D eigenvalue weighted by atomic mass is 35.5. The second kappa shape index (κ2) is 9.42. The first-order valence-corrected chi connectivity index (χ1v) is 10.7. The fourth-order valence-corrected chi connectivity index (χ4v) is 4.05. The van der Waals surface area contributed by atoms with Crippen LogP contribution in [0.2, 0.25) is 5.02 Å². The number of hydrogen-bond donors (Lipinski definition) is 2. The zero-order chi connectivity index (χ0) is 22.7. The summed E-state index contributed by atoms with van der Waals surface area (Å²) in [6, 6.07) is 1.10. The first-order valence-electron chi connectivity index (χ1n) is 9.52. The quantitative estimate of drug-likeness (QED) is 0.419. The highest BCUT2D eigenvalue weighted by Crippen LogP contribution is 2.35. The lowest BCUT2D eigenvalue weighted by Gasteiger charge is -2.22. The topological polar surface area (TPSA) is 123 Å². The van der Waals surface area contributed by atoms with E-state index in [4.69, 9.17) is 16.3 Å². The Morgan fingerprint density at radius 3 is 2.75 bits per heavy atom. The Bertz CT molecular complexity index is 1250. The van der Waals surface area contributed by atoms with Gasteiger partial charge in [-0.25, -0.2) is 19.7 Å². The van der Waals surface area contributed by atoms with Gasteiger partial charge in [0, 0.05) is 20.7 Å². The standard InChI is InChI=1S/C19H20ClN9O2S/c1-11-25-15-16(28(2)6-7-31-3)14(10-22-18(15)32-11)27-19(30)26-12-8-13(20)17(21-9-12)29-23-4-5-24-29/h4-5,8-10H,6-7H2,1-3H3,(H2,26,27,30). The van der Waals surface area contributed by atoms with E-state index in [0.29, 0.717) is 35.4 Å². The van der Waals surface area contributed by atoms with Crippen molar-refractivity contribution in [2.45, 2.75) is 6.92 Å². The molecule has 4 aromatic rings. The van der Waals surface area contributed by atoms with Crippen LogP contribution in [0.5, 0.6) is 0 Å². The Balaban J connectivity index is 1.56. The molecule has 4 heterocycles. The third-order valence-corrected chi connectivity index (χ3v) is 5.61. The average Bonchev–Trinajstić information content (AvgIpc) is 3.41. The van der Waals surface area contributed by atoms with E-state index in [-0.39, 0.29) is 0 Å². The minimum Gasteiger partial charge on any atom is -0.383 e. The summed E-state index contributed by atoms with van der Waals surface area (Å²) in [5.74, 6) is 0.359. The molecule has 0 aromatic carbocycles. The second-order valence-electron chi connectivity index (χ2n) is 6.75. The smallest absolute Gasteiger partial charge is 0.323 e. The van der Waals surface area contributed by atoms with Crippen LogP contribution in [-0.2, 0) is 4.74 Å². The summed E-state index contributed by atoms with van der Waals surface area (Å²) in [5.41, 5.74) is 2.43. The number of aromatic nitrogens is 6. The number of carbonyl (C=O) groups excluding carboxylic acids is 1. The van der Waals surface area contributed by atoms with Gasteiger partial charge < -0.3 is 20.3 Å². The maximum Gasteiger partial charge on any atom is 0.323 e. The van der Waals surface area contributed by atoms with Crippen LogP contribution in [0.25, 0.3) is 16.2 Å². The predicted octanol–water partition coefficient (Wildman–Crippen LogP) is 3.36. The number of nitrogens with zero attached hydrogens (tertiary/aromatic N) is 7. The molecule has 0 fully saturated rings. The monoisotopic (exact) mass is 473 g/mol. The number of amides is 2. The van der Waals surface area contributed by atoms with Crippen LogP contribution in [0.1, 0.15) is 5.01 Å². The lowest BCUT2D eigenvalue weighted by molar-refractivity contribution is 0.206. The molecule has 0 atom stereocenters. The van der Waals surface area contributed by atoms with Gasteiger partial charge in [-0.3, -0.25) is 0 Å². The van der Waals surface area contributed by atoms with Gasteiger partial charge in [-0.05, 0) is 13.0 Å². The number of thiazole rings is 1. The second-order valence-corrected chi connectivity index (χ2v) is 8.34. The van der Waals surface area contributed by atoms with Crippen LogP contribution in [-0.4, -0.2) is 63.3 Å². The van der Waals surface area contributed by atoms with Crippen LogP contribution < -0.4 is 15.5 Å². The van der Waals surface area contributed by atoms with E-state index in [2.05, 4.69) is 35.8 Å². The van der Waals surface area contributed by atoms with Crippen molar-refractivity contribution in [1.29, 1.82) is 0 Å². The number of urea groups is 1. The molecule has 0 aliphatic heterocycles. The number of anilines is 3. The van der Waals surface area contributed by atoms with Crippen molar-refractivity contribution in [2.75, 3.05) is 42.8 Å². The maximum atomic E-state index is 12.7. The molecule has 166 valence electrons.